The largest absolute Gasteiger partial charge is 0.256 e. The summed E-state index contributed by atoms with van der Waals surface area (Å²) in [6.45, 7) is 6.80. The van der Waals surface area contributed by atoms with Gasteiger partial charge in [0.25, 0.3) is 0 Å². The Morgan fingerprint density at radius 1 is 0.647 bits per heavy atom. The predicted molar refractivity (Wildman–Crippen MR) is 146 cm³/mol. The van der Waals surface area contributed by atoms with Crippen LogP contribution in [0.5, 0.6) is 0 Å². The van der Waals surface area contributed by atoms with Crippen LogP contribution in [0.25, 0.3) is 52.8 Å². The summed E-state index contributed by atoms with van der Waals surface area (Å²) in [5.74, 6) is 0. The number of hydrogen-bond acceptors (Lipinski definition) is 5. The van der Waals surface area contributed by atoms with Crippen molar-refractivity contribution in [3.63, 3.8) is 0 Å². The molecule has 0 aliphatic rings. The number of nitrogens with zero attached hydrogens (tertiary/aromatic N) is 3. The van der Waals surface area contributed by atoms with Gasteiger partial charge in [-0.3, -0.25) is 4.98 Å². The van der Waals surface area contributed by atoms with Crippen LogP contribution in [0.2, 0.25) is 0 Å². The molecule has 6 rings (SSSR count). The van der Waals surface area contributed by atoms with E-state index in [1.54, 1.807) is 22.7 Å². The van der Waals surface area contributed by atoms with E-state index in [4.69, 9.17) is 15.0 Å². The Kier molecular flexibility index (Phi) is 5.05. The molecule has 0 aliphatic heterocycles. The van der Waals surface area contributed by atoms with Crippen LogP contribution in [0, 0.1) is 0 Å². The first kappa shape index (κ1) is 21.1. The lowest BCUT2D eigenvalue weighted by molar-refractivity contribution is 0.596. The second-order valence-corrected chi connectivity index (χ2v) is 11.4. The van der Waals surface area contributed by atoms with Crippen molar-refractivity contribution in [1.82, 2.24) is 15.0 Å². The average Bonchev–Trinajstić information content (AvgIpc) is 3.43. The van der Waals surface area contributed by atoms with E-state index in [1.165, 1.54) is 16.3 Å². The van der Waals surface area contributed by atoms with Gasteiger partial charge in [0.15, 0.2) is 9.66 Å². The van der Waals surface area contributed by atoms with Gasteiger partial charge in [0.1, 0.15) is 10.0 Å². The van der Waals surface area contributed by atoms with Crippen molar-refractivity contribution in [1.29, 1.82) is 0 Å². The summed E-state index contributed by atoms with van der Waals surface area (Å²) in [7, 11) is 0. The second-order valence-electron chi connectivity index (χ2n) is 9.44. The summed E-state index contributed by atoms with van der Waals surface area (Å²) in [6, 6.07) is 27.6. The maximum atomic E-state index is 4.92. The lowest BCUT2D eigenvalue weighted by Crippen LogP contribution is -2.12. The fourth-order valence-electron chi connectivity index (χ4n) is 4.27. The molecular weight excluding hydrogens is 454 g/mol. The molecule has 0 radical (unpaired) electrons. The maximum Gasteiger partial charge on any atom is 0.155 e. The van der Waals surface area contributed by atoms with E-state index < -0.39 is 0 Å². The Hall–Kier alpha value is -3.41. The minimum absolute atomic E-state index is 0.0367. The summed E-state index contributed by atoms with van der Waals surface area (Å²) in [6.07, 6.45) is 1.88. The second kappa shape index (κ2) is 8.12. The van der Waals surface area contributed by atoms with Crippen molar-refractivity contribution < 1.29 is 0 Å². The highest BCUT2D eigenvalue weighted by atomic mass is 32.1. The minimum Gasteiger partial charge on any atom is -0.256 e. The first-order valence-corrected chi connectivity index (χ1v) is 12.9. The summed E-state index contributed by atoms with van der Waals surface area (Å²) in [5.41, 5.74) is 5.68. The Balaban J connectivity index is 1.41. The molecule has 3 nitrogen and oxygen atoms in total. The van der Waals surface area contributed by atoms with Crippen LogP contribution in [0.3, 0.4) is 0 Å². The summed E-state index contributed by atoms with van der Waals surface area (Å²) < 4.78 is 0. The highest BCUT2D eigenvalue weighted by Crippen LogP contribution is 2.38. The zero-order chi connectivity index (χ0) is 23.3. The molecule has 3 aromatic heterocycles. The van der Waals surface area contributed by atoms with Crippen LogP contribution in [-0.2, 0) is 5.41 Å². The van der Waals surface area contributed by atoms with Gasteiger partial charge < -0.3 is 0 Å². The molecular formula is C29H23N3S2. The lowest BCUT2D eigenvalue weighted by Gasteiger charge is -2.22. The zero-order valence-corrected chi connectivity index (χ0v) is 20.9. The average molecular weight is 478 g/mol. The van der Waals surface area contributed by atoms with Gasteiger partial charge >= 0.3 is 0 Å². The van der Waals surface area contributed by atoms with Crippen LogP contribution in [0.4, 0.5) is 0 Å². The van der Waals surface area contributed by atoms with Gasteiger partial charge in [-0.05, 0) is 46.0 Å². The number of hydrogen-bond donors (Lipinski definition) is 0. The van der Waals surface area contributed by atoms with Crippen LogP contribution in [0.1, 0.15) is 26.3 Å². The number of rotatable bonds is 3. The quantitative estimate of drug-likeness (QED) is 0.256. The standard InChI is InChI=1S/C29H23N3S2/c1-29(2,3)23-16-21(15-19-11-7-8-12-22(19)23)24-17-20(13-14-30-24)26-32-28-27(34-26)31-25(33-28)18-9-5-4-6-10-18/h4-17H,1-3H3. The van der Waals surface area contributed by atoms with Crippen LogP contribution in [0.15, 0.2) is 85.1 Å². The SMILES string of the molecule is CC(C)(C)c1cc(-c2cc(-c3nc4sc(-c5ccccc5)nc4s3)ccn2)cc2ccccc12. The van der Waals surface area contributed by atoms with Gasteiger partial charge in [0, 0.05) is 22.9 Å². The van der Waals surface area contributed by atoms with E-state index in [1.807, 2.05) is 30.5 Å². The van der Waals surface area contributed by atoms with Gasteiger partial charge in [-0.15, -0.1) is 0 Å². The lowest BCUT2D eigenvalue weighted by atomic mass is 9.82. The Morgan fingerprint density at radius 2 is 1.32 bits per heavy atom. The van der Waals surface area contributed by atoms with Gasteiger partial charge in [-0.1, -0.05) is 98.0 Å². The van der Waals surface area contributed by atoms with E-state index in [-0.39, 0.29) is 5.41 Å². The topological polar surface area (TPSA) is 38.7 Å². The van der Waals surface area contributed by atoms with Crippen molar-refractivity contribution in [2.24, 2.45) is 0 Å². The first-order chi connectivity index (χ1) is 16.5. The van der Waals surface area contributed by atoms with Crippen LogP contribution >= 0.6 is 22.7 Å². The third-order valence-corrected chi connectivity index (χ3v) is 8.09. The highest BCUT2D eigenvalue weighted by molar-refractivity contribution is 7.29. The summed E-state index contributed by atoms with van der Waals surface area (Å²) in [5, 5.41) is 4.54. The number of benzene rings is 3. The van der Waals surface area contributed by atoms with Gasteiger partial charge in [0.2, 0.25) is 0 Å². The van der Waals surface area contributed by atoms with Crippen molar-refractivity contribution in [2.75, 3.05) is 0 Å². The molecule has 166 valence electrons. The van der Waals surface area contributed by atoms with E-state index in [2.05, 4.69) is 75.4 Å². The maximum absolute atomic E-state index is 4.92. The van der Waals surface area contributed by atoms with Crippen molar-refractivity contribution >= 4 is 43.1 Å². The Bertz CT molecular complexity index is 1610. The molecule has 3 heterocycles. The van der Waals surface area contributed by atoms with Gasteiger partial charge in [-0.2, -0.15) is 0 Å². The van der Waals surface area contributed by atoms with Crippen molar-refractivity contribution in [2.45, 2.75) is 26.2 Å². The first-order valence-electron chi connectivity index (χ1n) is 11.3. The molecule has 0 N–H and O–H groups in total. The zero-order valence-electron chi connectivity index (χ0n) is 19.2. The number of fused-ring (bicyclic) bond motifs is 2. The summed E-state index contributed by atoms with van der Waals surface area (Å²) in [4.78, 5) is 16.5. The molecule has 0 bridgehead atoms. The fraction of sp³-hybridized carbons (Fsp3) is 0.138. The molecule has 0 unspecified atom stereocenters. The molecule has 34 heavy (non-hydrogen) atoms. The minimum atomic E-state index is 0.0367. The normalized spacial score (nSPS) is 12.0. The molecule has 0 fully saturated rings. The van der Waals surface area contributed by atoms with Gasteiger partial charge in [0.05, 0.1) is 5.69 Å². The fourth-order valence-corrected chi connectivity index (χ4v) is 6.31. The number of pyridine rings is 1. The molecule has 5 heteroatoms. The van der Waals surface area contributed by atoms with E-state index >= 15 is 0 Å². The Labute approximate surface area is 206 Å². The molecule has 0 saturated carbocycles. The smallest absolute Gasteiger partial charge is 0.155 e. The van der Waals surface area contributed by atoms with Crippen molar-refractivity contribution in [3.05, 3.63) is 90.6 Å². The van der Waals surface area contributed by atoms with E-state index in [0.717, 1.165) is 42.1 Å². The molecule has 0 aliphatic carbocycles. The summed E-state index contributed by atoms with van der Waals surface area (Å²) >= 11 is 3.29. The monoisotopic (exact) mass is 477 g/mol. The predicted octanol–water partition coefficient (Wildman–Crippen LogP) is 8.60. The van der Waals surface area contributed by atoms with Crippen LogP contribution < -0.4 is 0 Å². The number of aromatic nitrogens is 3. The van der Waals surface area contributed by atoms with Crippen LogP contribution in [-0.4, -0.2) is 15.0 Å². The molecule has 0 saturated heterocycles. The Morgan fingerprint density at radius 3 is 2.06 bits per heavy atom. The van der Waals surface area contributed by atoms with E-state index in [9.17, 15) is 0 Å². The van der Waals surface area contributed by atoms with E-state index in [0.29, 0.717) is 0 Å². The molecule has 6 aromatic rings. The molecule has 0 spiro atoms. The highest BCUT2D eigenvalue weighted by Gasteiger charge is 2.19. The molecule has 0 amide bonds. The third kappa shape index (κ3) is 3.81. The third-order valence-electron chi connectivity index (χ3n) is 5.97. The molecule has 3 aromatic carbocycles. The van der Waals surface area contributed by atoms with Crippen molar-refractivity contribution in [3.8, 4) is 32.4 Å². The van der Waals surface area contributed by atoms with Gasteiger partial charge in [-0.25, -0.2) is 9.97 Å². The number of thiazole rings is 2. The molecule has 0 atom stereocenters.